The van der Waals surface area contributed by atoms with E-state index in [-0.39, 0.29) is 12.1 Å². The Kier molecular flexibility index (Phi) is 4.49. The number of thiophene rings is 1. The molecule has 7 heteroatoms. The highest BCUT2D eigenvalue weighted by Gasteiger charge is 2.30. The van der Waals surface area contributed by atoms with Gasteiger partial charge in [0.25, 0.3) is 5.91 Å². The van der Waals surface area contributed by atoms with Crippen molar-refractivity contribution < 1.29 is 18.0 Å². The maximum absolute atomic E-state index is 12.5. The number of alkyl halides is 3. The summed E-state index contributed by atoms with van der Waals surface area (Å²) >= 11 is 4.74. The highest BCUT2D eigenvalue weighted by Crippen LogP contribution is 2.29. The average molecular weight is 364 g/mol. The number of carbonyl (C=O) groups excluding carboxylic acids is 1. The van der Waals surface area contributed by atoms with Crippen LogP contribution in [0.4, 0.5) is 13.2 Å². The van der Waals surface area contributed by atoms with Crippen molar-refractivity contribution in [3.8, 4) is 0 Å². The molecule has 0 fully saturated rings. The van der Waals surface area contributed by atoms with Crippen LogP contribution in [0.1, 0.15) is 20.8 Å². The molecule has 106 valence electrons. The second-order valence-electron chi connectivity index (χ2n) is 3.99. The third-order valence-electron chi connectivity index (χ3n) is 2.50. The maximum Gasteiger partial charge on any atom is 0.416 e. The SMILES string of the molecule is O=C(NCc1cc(Br)cs1)c1cccc(C(F)(F)F)c1. The van der Waals surface area contributed by atoms with Gasteiger partial charge in [0.05, 0.1) is 12.1 Å². The van der Waals surface area contributed by atoms with E-state index in [1.165, 1.54) is 23.5 Å². The molecule has 0 saturated carbocycles. The lowest BCUT2D eigenvalue weighted by molar-refractivity contribution is -0.137. The van der Waals surface area contributed by atoms with Crippen molar-refractivity contribution in [2.24, 2.45) is 0 Å². The Morgan fingerprint density at radius 2 is 2.05 bits per heavy atom. The van der Waals surface area contributed by atoms with Crippen molar-refractivity contribution in [2.75, 3.05) is 0 Å². The molecule has 2 nitrogen and oxygen atoms in total. The van der Waals surface area contributed by atoms with Gasteiger partial charge >= 0.3 is 6.18 Å². The van der Waals surface area contributed by atoms with E-state index in [2.05, 4.69) is 21.2 Å². The molecule has 1 aromatic carbocycles. The van der Waals surface area contributed by atoms with Gasteiger partial charge in [0.1, 0.15) is 0 Å². The second-order valence-corrected chi connectivity index (χ2v) is 5.90. The smallest absolute Gasteiger partial charge is 0.347 e. The predicted octanol–water partition coefficient (Wildman–Crippen LogP) is 4.46. The first-order valence-corrected chi connectivity index (χ1v) is 7.22. The fourth-order valence-corrected chi connectivity index (χ4v) is 2.94. The molecule has 2 rings (SSSR count). The molecule has 1 heterocycles. The van der Waals surface area contributed by atoms with Crippen molar-refractivity contribution in [3.63, 3.8) is 0 Å². The van der Waals surface area contributed by atoms with Crippen LogP contribution in [0.2, 0.25) is 0 Å². The molecule has 0 bridgehead atoms. The first-order chi connectivity index (χ1) is 9.36. The number of nitrogens with one attached hydrogen (secondary N) is 1. The quantitative estimate of drug-likeness (QED) is 0.856. The van der Waals surface area contributed by atoms with Crippen LogP contribution < -0.4 is 5.32 Å². The molecule has 1 aromatic heterocycles. The molecular weight excluding hydrogens is 355 g/mol. The summed E-state index contributed by atoms with van der Waals surface area (Å²) in [4.78, 5) is 12.7. The summed E-state index contributed by atoms with van der Waals surface area (Å²) in [5, 5.41) is 4.46. The molecule has 0 aliphatic heterocycles. The lowest BCUT2D eigenvalue weighted by Crippen LogP contribution is -2.22. The molecule has 20 heavy (non-hydrogen) atoms. The van der Waals surface area contributed by atoms with E-state index in [9.17, 15) is 18.0 Å². The standard InChI is InChI=1S/C13H9BrF3NOS/c14-10-5-11(20-7-10)6-18-12(19)8-2-1-3-9(4-8)13(15,16)17/h1-5,7H,6H2,(H,18,19). The van der Waals surface area contributed by atoms with Crippen molar-refractivity contribution in [1.29, 1.82) is 0 Å². The summed E-state index contributed by atoms with van der Waals surface area (Å²) in [6, 6.07) is 6.21. The first kappa shape index (κ1) is 15.1. The summed E-state index contributed by atoms with van der Waals surface area (Å²) in [5.74, 6) is -0.527. The molecule has 0 saturated heterocycles. The number of amides is 1. The summed E-state index contributed by atoms with van der Waals surface area (Å²) in [5.41, 5.74) is -0.834. The first-order valence-electron chi connectivity index (χ1n) is 5.54. The van der Waals surface area contributed by atoms with Crippen LogP contribution in [0.25, 0.3) is 0 Å². The van der Waals surface area contributed by atoms with Gasteiger partial charge in [0.15, 0.2) is 0 Å². The van der Waals surface area contributed by atoms with Crippen molar-refractivity contribution in [2.45, 2.75) is 12.7 Å². The topological polar surface area (TPSA) is 29.1 Å². The van der Waals surface area contributed by atoms with Gasteiger partial charge in [-0.15, -0.1) is 11.3 Å². The van der Waals surface area contributed by atoms with Gasteiger partial charge in [-0.05, 0) is 40.2 Å². The molecule has 0 aliphatic carbocycles. The Morgan fingerprint density at radius 3 is 2.65 bits per heavy atom. The fraction of sp³-hybridized carbons (Fsp3) is 0.154. The zero-order valence-corrected chi connectivity index (χ0v) is 12.4. The van der Waals surface area contributed by atoms with E-state index < -0.39 is 17.6 Å². The molecule has 0 spiro atoms. The second kappa shape index (κ2) is 5.97. The van der Waals surface area contributed by atoms with Crippen LogP contribution in [-0.2, 0) is 12.7 Å². The predicted molar refractivity (Wildman–Crippen MR) is 74.6 cm³/mol. The number of halogens is 4. The zero-order chi connectivity index (χ0) is 14.8. The number of rotatable bonds is 3. The van der Waals surface area contributed by atoms with E-state index in [1.807, 2.05) is 11.4 Å². The van der Waals surface area contributed by atoms with Gasteiger partial charge in [-0.2, -0.15) is 13.2 Å². The number of hydrogen-bond acceptors (Lipinski definition) is 2. The van der Waals surface area contributed by atoms with Crippen LogP contribution in [-0.4, -0.2) is 5.91 Å². The minimum Gasteiger partial charge on any atom is -0.347 e. The Morgan fingerprint density at radius 1 is 1.30 bits per heavy atom. The summed E-state index contributed by atoms with van der Waals surface area (Å²) in [6.07, 6.45) is -4.45. The normalized spacial score (nSPS) is 11.4. The highest BCUT2D eigenvalue weighted by atomic mass is 79.9. The van der Waals surface area contributed by atoms with E-state index in [0.717, 1.165) is 21.5 Å². The highest BCUT2D eigenvalue weighted by molar-refractivity contribution is 9.10. The summed E-state index contributed by atoms with van der Waals surface area (Å²) in [7, 11) is 0. The Bertz CT molecular complexity index is 624. The van der Waals surface area contributed by atoms with Crippen molar-refractivity contribution in [1.82, 2.24) is 5.32 Å². The number of benzene rings is 1. The van der Waals surface area contributed by atoms with Crippen LogP contribution in [0.3, 0.4) is 0 Å². The van der Waals surface area contributed by atoms with Crippen LogP contribution in [0.15, 0.2) is 40.2 Å². The summed E-state index contributed by atoms with van der Waals surface area (Å²) < 4.78 is 38.6. The fourth-order valence-electron chi connectivity index (χ4n) is 1.55. The molecule has 0 atom stereocenters. The van der Waals surface area contributed by atoms with Gasteiger partial charge < -0.3 is 5.32 Å². The third kappa shape index (κ3) is 3.83. The number of hydrogen-bond donors (Lipinski definition) is 1. The Hall–Kier alpha value is -1.34. The summed E-state index contributed by atoms with van der Waals surface area (Å²) in [6.45, 7) is 0.283. The lowest BCUT2D eigenvalue weighted by Gasteiger charge is -2.08. The zero-order valence-electron chi connectivity index (χ0n) is 10.00. The Labute approximate surface area is 125 Å². The van der Waals surface area contributed by atoms with Crippen molar-refractivity contribution >= 4 is 33.2 Å². The minimum atomic E-state index is -4.45. The van der Waals surface area contributed by atoms with Gasteiger partial charge in [0.2, 0.25) is 0 Å². The lowest BCUT2D eigenvalue weighted by atomic mass is 10.1. The third-order valence-corrected chi connectivity index (χ3v) is 4.19. The van der Waals surface area contributed by atoms with Gasteiger partial charge in [-0.1, -0.05) is 6.07 Å². The minimum absolute atomic E-state index is 0.00422. The van der Waals surface area contributed by atoms with E-state index in [1.54, 1.807) is 0 Å². The largest absolute Gasteiger partial charge is 0.416 e. The van der Waals surface area contributed by atoms with Crippen LogP contribution >= 0.6 is 27.3 Å². The van der Waals surface area contributed by atoms with Gasteiger partial charge in [-0.25, -0.2) is 0 Å². The van der Waals surface area contributed by atoms with Crippen LogP contribution in [0, 0.1) is 0 Å². The molecule has 0 unspecified atom stereocenters. The van der Waals surface area contributed by atoms with Crippen LogP contribution in [0.5, 0.6) is 0 Å². The van der Waals surface area contributed by atoms with E-state index >= 15 is 0 Å². The molecular formula is C13H9BrF3NOS. The van der Waals surface area contributed by atoms with Gasteiger partial charge in [0, 0.05) is 20.3 Å². The average Bonchev–Trinajstić information content (AvgIpc) is 2.81. The van der Waals surface area contributed by atoms with Gasteiger partial charge in [-0.3, -0.25) is 4.79 Å². The van der Waals surface area contributed by atoms with Crippen molar-refractivity contribution in [3.05, 3.63) is 56.2 Å². The van der Waals surface area contributed by atoms with E-state index in [0.29, 0.717) is 0 Å². The molecule has 2 aromatic rings. The molecule has 1 amide bonds. The monoisotopic (exact) mass is 363 g/mol. The molecule has 0 radical (unpaired) electrons. The van der Waals surface area contributed by atoms with E-state index in [4.69, 9.17) is 0 Å². The Balaban J connectivity index is 2.06. The maximum atomic E-state index is 12.5. The molecule has 1 N–H and O–H groups in total. The number of carbonyl (C=O) groups is 1. The molecule has 0 aliphatic rings.